The van der Waals surface area contributed by atoms with E-state index < -0.39 is 5.69 Å². The summed E-state index contributed by atoms with van der Waals surface area (Å²) >= 11 is 0. The number of aromatic nitrogens is 2. The average molecular weight is 480 g/mol. The van der Waals surface area contributed by atoms with Crippen molar-refractivity contribution in [3.8, 4) is 5.69 Å². The molecule has 3 aliphatic rings. The number of carbonyl (C=O) groups excluding carboxylic acids is 1. The minimum absolute atomic E-state index is 0.222. The number of benzene rings is 1. The topological polar surface area (TPSA) is 109 Å². The van der Waals surface area contributed by atoms with Crippen LogP contribution in [0.4, 0.5) is 10.6 Å². The van der Waals surface area contributed by atoms with Crippen LogP contribution in [0.25, 0.3) is 5.69 Å². The van der Waals surface area contributed by atoms with Gasteiger partial charge in [-0.2, -0.15) is 4.98 Å². The summed E-state index contributed by atoms with van der Waals surface area (Å²) in [6.07, 6.45) is 9.51. The number of nitrogens with zero attached hydrogens (tertiary/aromatic N) is 4. The van der Waals surface area contributed by atoms with Crippen molar-refractivity contribution in [1.82, 2.24) is 24.7 Å². The number of aryl methyl sites for hydroxylation is 1. The Morgan fingerprint density at radius 1 is 1.09 bits per heavy atom. The summed E-state index contributed by atoms with van der Waals surface area (Å²) in [5, 5.41) is 5.97. The van der Waals surface area contributed by atoms with Gasteiger partial charge in [0.05, 0.1) is 5.69 Å². The third-order valence-corrected chi connectivity index (χ3v) is 8.01. The molecule has 35 heavy (non-hydrogen) atoms. The lowest BCUT2D eigenvalue weighted by molar-refractivity contribution is 0.122. The molecule has 5 rings (SSSR count). The Bertz CT molecular complexity index is 1100. The molecule has 1 aliphatic heterocycles. The molecular formula is C26H37N7O2. The molecule has 0 bridgehead atoms. The second-order valence-corrected chi connectivity index (χ2v) is 10.2. The van der Waals surface area contributed by atoms with Crippen molar-refractivity contribution in [2.24, 2.45) is 5.73 Å². The van der Waals surface area contributed by atoms with Crippen LogP contribution in [0, 0.1) is 0 Å². The van der Waals surface area contributed by atoms with Gasteiger partial charge in [-0.3, -0.25) is 9.88 Å². The molecule has 1 saturated carbocycles. The number of hydrogen-bond acceptors (Lipinski definition) is 6. The van der Waals surface area contributed by atoms with Crippen LogP contribution in [0.3, 0.4) is 0 Å². The number of nitrogens with two attached hydrogens (primary N) is 1. The maximum absolute atomic E-state index is 12.8. The van der Waals surface area contributed by atoms with E-state index in [9.17, 15) is 9.59 Å². The minimum Gasteiger partial charge on any atom is -0.328 e. The second-order valence-electron chi connectivity index (χ2n) is 10.2. The van der Waals surface area contributed by atoms with Gasteiger partial charge in [-0.15, -0.1) is 0 Å². The van der Waals surface area contributed by atoms with Crippen molar-refractivity contribution >= 4 is 11.8 Å². The Labute approximate surface area is 206 Å². The zero-order chi connectivity index (χ0) is 24.4. The molecule has 1 saturated heterocycles. The highest BCUT2D eigenvalue weighted by Crippen LogP contribution is 2.30. The van der Waals surface area contributed by atoms with E-state index in [1.807, 2.05) is 6.07 Å². The Kier molecular flexibility index (Phi) is 7.17. The van der Waals surface area contributed by atoms with Gasteiger partial charge in [0.1, 0.15) is 5.82 Å². The summed E-state index contributed by atoms with van der Waals surface area (Å²) in [4.78, 5) is 33.6. The SMILES string of the molecule is CN(C1CCc2cc(-n3ccc(NC(=O)N4CCNCC4)nc3=O)ccc2C1)[C@H]1CC[C@H](N)CC1. The van der Waals surface area contributed by atoms with Crippen molar-refractivity contribution in [1.29, 1.82) is 0 Å². The van der Waals surface area contributed by atoms with Crippen molar-refractivity contribution in [3.05, 3.63) is 52.1 Å². The van der Waals surface area contributed by atoms with E-state index in [0.717, 1.165) is 50.9 Å². The molecule has 4 N–H and O–H groups in total. The van der Waals surface area contributed by atoms with Crippen molar-refractivity contribution < 1.29 is 4.79 Å². The molecule has 188 valence electrons. The van der Waals surface area contributed by atoms with Crippen LogP contribution in [0.2, 0.25) is 0 Å². The first-order valence-electron chi connectivity index (χ1n) is 12.9. The van der Waals surface area contributed by atoms with E-state index in [4.69, 9.17) is 5.73 Å². The van der Waals surface area contributed by atoms with Crippen LogP contribution >= 0.6 is 0 Å². The lowest BCUT2D eigenvalue weighted by Crippen LogP contribution is -2.48. The normalized spacial score (nSPS) is 24.8. The number of carbonyl (C=O) groups is 1. The molecule has 2 aliphatic carbocycles. The first kappa shape index (κ1) is 24.0. The molecule has 1 aromatic heterocycles. The first-order chi connectivity index (χ1) is 17.0. The van der Waals surface area contributed by atoms with Crippen LogP contribution in [-0.2, 0) is 12.8 Å². The summed E-state index contributed by atoms with van der Waals surface area (Å²) in [6.45, 7) is 2.83. The molecule has 2 heterocycles. The van der Waals surface area contributed by atoms with Crippen LogP contribution in [-0.4, -0.2) is 76.7 Å². The van der Waals surface area contributed by atoms with Gasteiger partial charge >= 0.3 is 11.7 Å². The van der Waals surface area contributed by atoms with Crippen molar-refractivity contribution in [2.75, 3.05) is 38.5 Å². The highest BCUT2D eigenvalue weighted by atomic mass is 16.2. The number of rotatable bonds is 4. The fourth-order valence-corrected chi connectivity index (χ4v) is 5.75. The van der Waals surface area contributed by atoms with Crippen LogP contribution < -0.4 is 22.1 Å². The Balaban J connectivity index is 1.25. The summed E-state index contributed by atoms with van der Waals surface area (Å²) in [5.41, 5.74) is 9.19. The van der Waals surface area contributed by atoms with Crippen LogP contribution in [0.15, 0.2) is 35.3 Å². The lowest BCUT2D eigenvalue weighted by atomic mass is 9.84. The zero-order valence-electron chi connectivity index (χ0n) is 20.6. The van der Waals surface area contributed by atoms with Gasteiger partial charge in [0.25, 0.3) is 0 Å². The molecule has 2 aromatic rings. The monoisotopic (exact) mass is 479 g/mol. The predicted molar refractivity (Wildman–Crippen MR) is 137 cm³/mol. The zero-order valence-corrected chi connectivity index (χ0v) is 20.6. The third-order valence-electron chi connectivity index (χ3n) is 8.01. The molecule has 2 amide bonds. The number of urea groups is 1. The summed E-state index contributed by atoms with van der Waals surface area (Å²) in [7, 11) is 2.28. The fourth-order valence-electron chi connectivity index (χ4n) is 5.75. The molecule has 1 atom stereocenters. The molecule has 9 nitrogen and oxygen atoms in total. The summed E-state index contributed by atoms with van der Waals surface area (Å²) < 4.78 is 1.55. The molecule has 1 aromatic carbocycles. The number of nitrogens with one attached hydrogen (secondary N) is 2. The minimum atomic E-state index is -0.396. The van der Waals surface area contributed by atoms with Crippen LogP contribution in [0.5, 0.6) is 0 Å². The lowest BCUT2D eigenvalue weighted by Gasteiger charge is -2.40. The number of hydrogen-bond donors (Lipinski definition) is 3. The highest BCUT2D eigenvalue weighted by Gasteiger charge is 2.29. The maximum Gasteiger partial charge on any atom is 0.354 e. The van der Waals surface area contributed by atoms with E-state index in [0.29, 0.717) is 31.2 Å². The van der Waals surface area contributed by atoms with Crippen LogP contribution in [0.1, 0.15) is 43.2 Å². The van der Waals surface area contributed by atoms with Gasteiger partial charge in [0, 0.05) is 50.5 Å². The van der Waals surface area contributed by atoms with Gasteiger partial charge < -0.3 is 20.9 Å². The smallest absolute Gasteiger partial charge is 0.328 e. The molecule has 2 fully saturated rings. The van der Waals surface area contributed by atoms with Crippen molar-refractivity contribution in [3.63, 3.8) is 0 Å². The second kappa shape index (κ2) is 10.5. The number of fused-ring (bicyclic) bond motifs is 1. The number of piperazine rings is 1. The van der Waals surface area contributed by atoms with Gasteiger partial charge in [0.2, 0.25) is 0 Å². The van der Waals surface area contributed by atoms with Gasteiger partial charge in [0.15, 0.2) is 0 Å². The Morgan fingerprint density at radius 3 is 2.60 bits per heavy atom. The molecule has 1 unspecified atom stereocenters. The van der Waals surface area contributed by atoms with E-state index >= 15 is 0 Å². The number of anilines is 1. The van der Waals surface area contributed by atoms with Gasteiger partial charge in [-0.05, 0) is 81.3 Å². The number of amides is 2. The molecule has 9 heteroatoms. The maximum atomic E-state index is 12.8. The van der Waals surface area contributed by atoms with E-state index in [-0.39, 0.29) is 11.8 Å². The first-order valence-corrected chi connectivity index (χ1v) is 12.9. The largest absolute Gasteiger partial charge is 0.354 e. The quantitative estimate of drug-likeness (QED) is 0.616. The molecular weight excluding hydrogens is 442 g/mol. The van der Waals surface area contributed by atoms with E-state index in [1.165, 1.54) is 24.0 Å². The third kappa shape index (κ3) is 5.42. The number of likely N-dealkylation sites (N-methyl/N-ethyl adjacent to an activating group) is 1. The Morgan fingerprint density at radius 2 is 1.86 bits per heavy atom. The standard InChI is InChI=1S/C26H37N7O2/c1-31(21-8-4-20(27)5-9-21)22-6-2-19-17-23(7-3-18(19)16-22)33-13-10-24(30-26(33)35)29-25(34)32-14-11-28-12-15-32/h3,7,10,13,17,20-22,28H,2,4-6,8-9,11-12,14-16,27H2,1H3,(H,29,30,34,35)/t20-,21-,22?. The van der Waals surface area contributed by atoms with Crippen molar-refractivity contribution in [2.45, 2.75) is 63.1 Å². The highest BCUT2D eigenvalue weighted by molar-refractivity contribution is 5.88. The molecule has 0 radical (unpaired) electrons. The molecule has 0 spiro atoms. The fraction of sp³-hybridized carbons (Fsp3) is 0.577. The van der Waals surface area contributed by atoms with Gasteiger partial charge in [-0.25, -0.2) is 9.59 Å². The van der Waals surface area contributed by atoms with E-state index in [2.05, 4.69) is 39.7 Å². The average Bonchev–Trinajstić information content (AvgIpc) is 2.89. The summed E-state index contributed by atoms with van der Waals surface area (Å²) in [6, 6.07) is 9.30. The summed E-state index contributed by atoms with van der Waals surface area (Å²) in [5.74, 6) is 0.280. The Hall–Kier alpha value is -2.75. The van der Waals surface area contributed by atoms with E-state index in [1.54, 1.807) is 21.7 Å². The predicted octanol–water partition coefficient (Wildman–Crippen LogP) is 1.73. The van der Waals surface area contributed by atoms with Gasteiger partial charge in [-0.1, -0.05) is 6.07 Å².